The zero-order valence-corrected chi connectivity index (χ0v) is 17.0. The molecule has 1 saturated carbocycles. The van der Waals surface area contributed by atoms with E-state index in [1.807, 2.05) is 6.92 Å². The maximum Gasteiger partial charge on any atom is 0.237 e. The summed E-state index contributed by atoms with van der Waals surface area (Å²) in [5, 5.41) is 3.01. The Bertz CT molecular complexity index is 642. The summed E-state index contributed by atoms with van der Waals surface area (Å²) < 4.78 is 23.5. The highest BCUT2D eigenvalue weighted by atomic mass is 32.2. The molecule has 0 bridgehead atoms. The molecule has 0 unspecified atom stereocenters. The second kappa shape index (κ2) is 8.87. The molecule has 1 aliphatic carbocycles. The summed E-state index contributed by atoms with van der Waals surface area (Å²) >= 11 is 0. The number of nitrogens with zero attached hydrogens (tertiary/aromatic N) is 3. The Kier molecular flexibility index (Phi) is 6.75. The van der Waals surface area contributed by atoms with Crippen LogP contribution in [-0.2, 0) is 19.4 Å². The first-order valence-electron chi connectivity index (χ1n) is 10.1. The van der Waals surface area contributed by atoms with Crippen molar-refractivity contribution in [2.75, 3.05) is 57.3 Å². The molecule has 9 heteroatoms. The van der Waals surface area contributed by atoms with Gasteiger partial charge in [0.25, 0.3) is 0 Å². The van der Waals surface area contributed by atoms with E-state index in [0.29, 0.717) is 32.1 Å². The molecule has 3 fully saturated rings. The molecule has 0 spiro atoms. The molecule has 0 aromatic heterocycles. The van der Waals surface area contributed by atoms with E-state index >= 15 is 0 Å². The van der Waals surface area contributed by atoms with Crippen LogP contribution >= 0.6 is 0 Å². The predicted molar refractivity (Wildman–Crippen MR) is 103 cm³/mol. The van der Waals surface area contributed by atoms with Crippen molar-refractivity contribution in [3.05, 3.63) is 0 Å². The summed E-state index contributed by atoms with van der Waals surface area (Å²) in [6, 6.07) is 0.218. The third-order valence-electron chi connectivity index (χ3n) is 5.57. The van der Waals surface area contributed by atoms with Gasteiger partial charge in [-0.3, -0.25) is 19.4 Å². The van der Waals surface area contributed by atoms with Gasteiger partial charge in [-0.25, -0.2) is 8.42 Å². The molecule has 1 N–H and O–H groups in total. The average Bonchev–Trinajstić information content (AvgIpc) is 3.35. The van der Waals surface area contributed by atoms with Crippen molar-refractivity contribution in [2.24, 2.45) is 0 Å². The number of amides is 2. The summed E-state index contributed by atoms with van der Waals surface area (Å²) in [4.78, 5) is 30.7. The lowest BCUT2D eigenvalue weighted by molar-refractivity contribution is -0.135. The summed E-state index contributed by atoms with van der Waals surface area (Å²) in [7, 11) is -3.00. The largest absolute Gasteiger partial charge is 0.352 e. The minimum absolute atomic E-state index is 0.0267. The van der Waals surface area contributed by atoms with E-state index in [1.54, 1.807) is 4.90 Å². The van der Waals surface area contributed by atoms with Crippen molar-refractivity contribution in [3.63, 3.8) is 0 Å². The molecule has 1 atom stereocenters. The second-order valence-electron chi connectivity index (χ2n) is 8.04. The average molecular weight is 401 g/mol. The standard InChI is InChI=1S/C18H32N4O4S/c1-2-6-22(16-5-11-27(25,26)14-16)18(24)13-21-9-7-20(8-10-21)12-17(23)19-15-3-4-15/h15-16H,2-14H2,1H3,(H,19,23)/t16-/m1/s1. The molecule has 0 aromatic rings. The third-order valence-corrected chi connectivity index (χ3v) is 7.32. The molecular formula is C18H32N4O4S. The van der Waals surface area contributed by atoms with Crippen LogP contribution < -0.4 is 5.32 Å². The summed E-state index contributed by atoms with van der Waals surface area (Å²) in [6.07, 6.45) is 3.57. The minimum Gasteiger partial charge on any atom is -0.352 e. The number of carbonyl (C=O) groups excluding carboxylic acids is 2. The molecular weight excluding hydrogens is 368 g/mol. The predicted octanol–water partition coefficient (Wildman–Crippen LogP) is -0.692. The molecule has 27 heavy (non-hydrogen) atoms. The second-order valence-corrected chi connectivity index (χ2v) is 10.3. The molecule has 3 aliphatic rings. The molecule has 0 radical (unpaired) electrons. The van der Waals surface area contributed by atoms with Crippen molar-refractivity contribution in [2.45, 2.75) is 44.7 Å². The Labute approximate surface area is 162 Å². The lowest BCUT2D eigenvalue weighted by Crippen LogP contribution is -2.53. The smallest absolute Gasteiger partial charge is 0.237 e. The van der Waals surface area contributed by atoms with E-state index in [1.165, 1.54) is 0 Å². The van der Waals surface area contributed by atoms with Gasteiger partial charge in [-0.15, -0.1) is 0 Å². The van der Waals surface area contributed by atoms with Crippen molar-refractivity contribution < 1.29 is 18.0 Å². The van der Waals surface area contributed by atoms with E-state index in [-0.39, 0.29) is 29.4 Å². The Morgan fingerprint density at radius 1 is 1.04 bits per heavy atom. The number of hydrogen-bond acceptors (Lipinski definition) is 6. The van der Waals surface area contributed by atoms with Crippen molar-refractivity contribution in [1.82, 2.24) is 20.0 Å². The normalized spacial score (nSPS) is 26.0. The van der Waals surface area contributed by atoms with Gasteiger partial charge in [0.05, 0.1) is 24.6 Å². The zero-order valence-electron chi connectivity index (χ0n) is 16.2. The van der Waals surface area contributed by atoms with E-state index < -0.39 is 9.84 Å². The minimum atomic E-state index is -3.00. The molecule has 8 nitrogen and oxygen atoms in total. The number of piperazine rings is 1. The third kappa shape index (κ3) is 6.15. The fourth-order valence-corrected chi connectivity index (χ4v) is 5.60. The summed E-state index contributed by atoms with van der Waals surface area (Å²) in [6.45, 7) is 6.44. The van der Waals surface area contributed by atoms with Crippen LogP contribution in [0.4, 0.5) is 0 Å². The van der Waals surface area contributed by atoms with Gasteiger partial charge in [0.1, 0.15) is 0 Å². The number of rotatable bonds is 8. The first-order valence-corrected chi connectivity index (χ1v) is 11.9. The van der Waals surface area contributed by atoms with Crippen LogP contribution in [0.2, 0.25) is 0 Å². The Morgan fingerprint density at radius 3 is 2.19 bits per heavy atom. The highest BCUT2D eigenvalue weighted by molar-refractivity contribution is 7.91. The van der Waals surface area contributed by atoms with Crippen LogP contribution in [0.15, 0.2) is 0 Å². The quantitative estimate of drug-likeness (QED) is 0.580. The zero-order chi connectivity index (χ0) is 19.4. The lowest BCUT2D eigenvalue weighted by Gasteiger charge is -2.36. The van der Waals surface area contributed by atoms with Crippen molar-refractivity contribution in [3.8, 4) is 0 Å². The van der Waals surface area contributed by atoms with Crippen molar-refractivity contribution >= 4 is 21.7 Å². The molecule has 2 heterocycles. The van der Waals surface area contributed by atoms with Crippen LogP contribution in [0.25, 0.3) is 0 Å². The monoisotopic (exact) mass is 400 g/mol. The Balaban J connectivity index is 1.43. The maximum atomic E-state index is 12.8. The molecule has 2 aliphatic heterocycles. The SMILES string of the molecule is CCCN(C(=O)CN1CCN(CC(=O)NC2CC2)CC1)[C@@H]1CCS(=O)(=O)C1. The van der Waals surface area contributed by atoms with Crippen LogP contribution in [0.5, 0.6) is 0 Å². The molecule has 2 saturated heterocycles. The van der Waals surface area contributed by atoms with Crippen LogP contribution in [0, 0.1) is 0 Å². The molecule has 0 aromatic carbocycles. The molecule has 2 amide bonds. The summed E-state index contributed by atoms with van der Waals surface area (Å²) in [5.74, 6) is 0.410. The van der Waals surface area contributed by atoms with Gasteiger partial charge in [-0.2, -0.15) is 0 Å². The summed E-state index contributed by atoms with van der Waals surface area (Å²) in [5.41, 5.74) is 0. The van der Waals surface area contributed by atoms with Gasteiger partial charge in [0.2, 0.25) is 11.8 Å². The molecule has 154 valence electrons. The van der Waals surface area contributed by atoms with Crippen LogP contribution in [0.1, 0.15) is 32.6 Å². The Morgan fingerprint density at radius 2 is 1.67 bits per heavy atom. The first kappa shape index (κ1) is 20.5. The number of carbonyl (C=O) groups is 2. The van der Waals surface area contributed by atoms with E-state index in [2.05, 4.69) is 15.1 Å². The van der Waals surface area contributed by atoms with Crippen LogP contribution in [0.3, 0.4) is 0 Å². The molecule has 3 rings (SSSR count). The van der Waals surface area contributed by atoms with Gasteiger partial charge >= 0.3 is 0 Å². The van der Waals surface area contributed by atoms with E-state index in [0.717, 1.165) is 45.4 Å². The van der Waals surface area contributed by atoms with Gasteiger partial charge < -0.3 is 10.2 Å². The first-order chi connectivity index (χ1) is 12.9. The number of hydrogen-bond donors (Lipinski definition) is 1. The van der Waals surface area contributed by atoms with Gasteiger partial charge in [-0.05, 0) is 25.7 Å². The van der Waals surface area contributed by atoms with E-state index in [9.17, 15) is 18.0 Å². The topological polar surface area (TPSA) is 90.0 Å². The number of nitrogens with one attached hydrogen (secondary N) is 1. The fourth-order valence-electron chi connectivity index (χ4n) is 3.86. The van der Waals surface area contributed by atoms with Gasteiger partial charge in [-0.1, -0.05) is 6.92 Å². The highest BCUT2D eigenvalue weighted by Gasteiger charge is 2.35. The lowest BCUT2D eigenvalue weighted by atomic mass is 10.2. The highest BCUT2D eigenvalue weighted by Crippen LogP contribution is 2.19. The fraction of sp³-hybridized carbons (Fsp3) is 0.889. The van der Waals surface area contributed by atoms with E-state index in [4.69, 9.17) is 0 Å². The van der Waals surface area contributed by atoms with Crippen molar-refractivity contribution in [1.29, 1.82) is 0 Å². The van der Waals surface area contributed by atoms with Crippen LogP contribution in [-0.4, -0.2) is 104 Å². The maximum absolute atomic E-state index is 12.8. The van der Waals surface area contributed by atoms with Gasteiger partial charge in [0.15, 0.2) is 9.84 Å². The Hall–Kier alpha value is -1.19. The van der Waals surface area contributed by atoms with Gasteiger partial charge in [0, 0.05) is 44.8 Å². The number of sulfone groups is 1.